The van der Waals surface area contributed by atoms with Gasteiger partial charge in [0.2, 0.25) is 0 Å². The van der Waals surface area contributed by atoms with Crippen LogP contribution in [-0.2, 0) is 0 Å². The molecule has 2 aromatic heterocycles. The molecule has 110 valence electrons. The molecule has 2 bridgehead atoms. The molecule has 2 aromatic rings. The van der Waals surface area contributed by atoms with E-state index >= 15 is 0 Å². The number of fused-ring (bicyclic) bond motifs is 4. The van der Waals surface area contributed by atoms with Gasteiger partial charge in [0, 0.05) is 17.5 Å². The molecule has 21 heavy (non-hydrogen) atoms. The zero-order valence-electron chi connectivity index (χ0n) is 12.1. The molecule has 3 aliphatic rings. The molecule has 2 atom stereocenters. The molecule has 4 nitrogen and oxygen atoms in total. The van der Waals surface area contributed by atoms with Crippen molar-refractivity contribution in [3.63, 3.8) is 0 Å². The number of carbonyl (C=O) groups excluding carboxylic acids is 1. The number of thiophene rings is 1. The van der Waals surface area contributed by atoms with E-state index in [2.05, 4.69) is 22.1 Å². The molecule has 3 aliphatic heterocycles. The second-order valence-corrected chi connectivity index (χ2v) is 7.02. The van der Waals surface area contributed by atoms with Crippen LogP contribution in [0.25, 0.3) is 10.2 Å². The van der Waals surface area contributed by atoms with Gasteiger partial charge < -0.3 is 5.32 Å². The number of piperidine rings is 3. The minimum Gasteiger partial charge on any atom is -0.346 e. The maximum absolute atomic E-state index is 12.5. The van der Waals surface area contributed by atoms with E-state index in [0.717, 1.165) is 10.2 Å². The largest absolute Gasteiger partial charge is 0.346 e. The number of amides is 1. The highest BCUT2D eigenvalue weighted by Gasteiger charge is 2.40. The van der Waals surface area contributed by atoms with E-state index in [-0.39, 0.29) is 11.9 Å². The summed E-state index contributed by atoms with van der Waals surface area (Å²) in [5, 5.41) is 6.35. The van der Waals surface area contributed by atoms with Crippen LogP contribution >= 0.6 is 11.3 Å². The Bertz CT molecular complexity index is 673. The van der Waals surface area contributed by atoms with Gasteiger partial charge in [0.1, 0.15) is 10.5 Å². The van der Waals surface area contributed by atoms with E-state index < -0.39 is 0 Å². The molecule has 3 fully saturated rings. The Morgan fingerprint density at radius 1 is 1.33 bits per heavy atom. The van der Waals surface area contributed by atoms with Crippen molar-refractivity contribution in [2.75, 3.05) is 13.1 Å². The number of hydrogen-bond donors (Lipinski definition) is 1. The fourth-order valence-electron chi connectivity index (χ4n) is 3.74. The molecule has 5 heterocycles. The predicted molar refractivity (Wildman–Crippen MR) is 84.6 cm³/mol. The van der Waals surface area contributed by atoms with Gasteiger partial charge in [-0.3, -0.25) is 9.69 Å². The summed E-state index contributed by atoms with van der Waals surface area (Å²) in [7, 11) is 0. The third-order valence-electron chi connectivity index (χ3n) is 5.03. The van der Waals surface area contributed by atoms with E-state index in [9.17, 15) is 4.79 Å². The van der Waals surface area contributed by atoms with Gasteiger partial charge in [-0.2, -0.15) is 0 Å². The van der Waals surface area contributed by atoms with Crippen molar-refractivity contribution in [3.05, 3.63) is 29.3 Å². The van der Waals surface area contributed by atoms with E-state index in [1.54, 1.807) is 11.3 Å². The van der Waals surface area contributed by atoms with Gasteiger partial charge in [-0.25, -0.2) is 4.98 Å². The summed E-state index contributed by atoms with van der Waals surface area (Å²) < 4.78 is 0. The summed E-state index contributed by atoms with van der Waals surface area (Å²) in [4.78, 5) is 20.4. The van der Waals surface area contributed by atoms with E-state index in [1.165, 1.54) is 25.9 Å². The average molecular weight is 301 g/mol. The van der Waals surface area contributed by atoms with Crippen molar-refractivity contribution in [3.8, 4) is 0 Å². The molecule has 0 aliphatic carbocycles. The van der Waals surface area contributed by atoms with Gasteiger partial charge in [0.25, 0.3) is 5.91 Å². The molecule has 0 saturated carbocycles. The fraction of sp³-hybridized carbons (Fsp3) is 0.500. The van der Waals surface area contributed by atoms with Crippen LogP contribution in [-0.4, -0.2) is 41.0 Å². The Morgan fingerprint density at radius 3 is 2.90 bits per heavy atom. The quantitative estimate of drug-likeness (QED) is 0.927. The Kier molecular flexibility index (Phi) is 3.19. The molecule has 0 radical (unpaired) electrons. The van der Waals surface area contributed by atoms with Crippen LogP contribution < -0.4 is 5.32 Å². The van der Waals surface area contributed by atoms with Gasteiger partial charge in [-0.15, -0.1) is 11.3 Å². The molecule has 1 amide bonds. The lowest BCUT2D eigenvalue weighted by Gasteiger charge is -2.49. The molecule has 0 spiro atoms. The normalized spacial score (nSPS) is 31.5. The molecule has 3 saturated heterocycles. The summed E-state index contributed by atoms with van der Waals surface area (Å²) in [6.45, 7) is 4.58. The number of nitrogens with one attached hydrogen (secondary N) is 1. The summed E-state index contributed by atoms with van der Waals surface area (Å²) in [5.41, 5.74) is 0.536. The summed E-state index contributed by atoms with van der Waals surface area (Å²) in [6.07, 6.45) is 2.40. The Morgan fingerprint density at radius 2 is 2.14 bits per heavy atom. The van der Waals surface area contributed by atoms with Gasteiger partial charge in [-0.1, -0.05) is 0 Å². The van der Waals surface area contributed by atoms with Crippen molar-refractivity contribution < 1.29 is 4.79 Å². The minimum absolute atomic E-state index is 0.0316. The van der Waals surface area contributed by atoms with Crippen LogP contribution in [0.15, 0.2) is 23.6 Å². The zero-order valence-corrected chi connectivity index (χ0v) is 12.9. The average Bonchev–Trinajstić information content (AvgIpc) is 2.98. The lowest BCUT2D eigenvalue weighted by molar-refractivity contribution is 0.0216. The standard InChI is InChI=1S/C16H19N3OS/c1-10-14(11-4-7-19(10)8-5-11)18-15(20)13-3-2-12-6-9-21-16(12)17-13/h2-3,6,9-11,14H,4-5,7-8H2,1H3,(H,18,20). The number of pyridine rings is 1. The smallest absolute Gasteiger partial charge is 0.270 e. The molecule has 0 aromatic carbocycles. The van der Waals surface area contributed by atoms with Gasteiger partial charge in [0.15, 0.2) is 0 Å². The van der Waals surface area contributed by atoms with E-state index in [4.69, 9.17) is 0 Å². The molecule has 2 unspecified atom stereocenters. The maximum atomic E-state index is 12.5. The first-order chi connectivity index (χ1) is 10.2. The molecular weight excluding hydrogens is 282 g/mol. The second-order valence-electron chi connectivity index (χ2n) is 6.12. The summed E-state index contributed by atoms with van der Waals surface area (Å²) in [6, 6.07) is 6.54. The third kappa shape index (κ3) is 2.24. The highest BCUT2D eigenvalue weighted by Crippen LogP contribution is 2.32. The summed E-state index contributed by atoms with van der Waals surface area (Å²) >= 11 is 1.58. The lowest BCUT2D eigenvalue weighted by atomic mass is 9.79. The van der Waals surface area contributed by atoms with Crippen LogP contribution in [0.3, 0.4) is 0 Å². The monoisotopic (exact) mass is 301 g/mol. The highest BCUT2D eigenvalue weighted by molar-refractivity contribution is 7.16. The van der Waals surface area contributed by atoms with E-state index in [0.29, 0.717) is 17.7 Å². The zero-order chi connectivity index (χ0) is 14.4. The van der Waals surface area contributed by atoms with Crippen LogP contribution in [0.1, 0.15) is 30.3 Å². The van der Waals surface area contributed by atoms with Crippen LogP contribution in [0.5, 0.6) is 0 Å². The topological polar surface area (TPSA) is 45.2 Å². The lowest BCUT2D eigenvalue weighted by Crippen LogP contribution is -2.62. The molecule has 5 rings (SSSR count). The number of carbonyl (C=O) groups is 1. The van der Waals surface area contributed by atoms with Crippen LogP contribution in [0, 0.1) is 5.92 Å². The Hall–Kier alpha value is -1.46. The Balaban J connectivity index is 1.54. The number of aromatic nitrogens is 1. The minimum atomic E-state index is -0.0316. The van der Waals surface area contributed by atoms with Gasteiger partial charge in [-0.05, 0) is 62.4 Å². The number of hydrogen-bond acceptors (Lipinski definition) is 4. The van der Waals surface area contributed by atoms with Crippen molar-refractivity contribution in [1.29, 1.82) is 0 Å². The van der Waals surface area contributed by atoms with Crippen LogP contribution in [0.4, 0.5) is 0 Å². The first-order valence-corrected chi connectivity index (χ1v) is 8.49. The summed E-state index contributed by atoms with van der Waals surface area (Å²) in [5.74, 6) is 0.593. The van der Waals surface area contributed by atoms with Crippen molar-refractivity contribution >= 4 is 27.5 Å². The van der Waals surface area contributed by atoms with Crippen LogP contribution in [0.2, 0.25) is 0 Å². The molecular formula is C16H19N3OS. The van der Waals surface area contributed by atoms with E-state index in [1.807, 2.05) is 23.6 Å². The number of nitrogens with zero attached hydrogens (tertiary/aromatic N) is 2. The first-order valence-electron chi connectivity index (χ1n) is 7.61. The van der Waals surface area contributed by atoms with Crippen molar-refractivity contribution in [2.24, 2.45) is 5.92 Å². The second kappa shape index (κ2) is 5.07. The fourth-order valence-corrected chi connectivity index (χ4v) is 4.51. The Labute approximate surface area is 128 Å². The third-order valence-corrected chi connectivity index (χ3v) is 5.85. The number of rotatable bonds is 2. The SMILES string of the molecule is CC1C(NC(=O)c2ccc3ccsc3n2)C2CCN1CC2. The first kappa shape index (κ1) is 13.2. The predicted octanol–water partition coefficient (Wildman–Crippen LogP) is 2.51. The highest BCUT2D eigenvalue weighted by atomic mass is 32.1. The van der Waals surface area contributed by atoms with Gasteiger partial charge in [0.05, 0.1) is 0 Å². The van der Waals surface area contributed by atoms with Crippen molar-refractivity contribution in [2.45, 2.75) is 31.8 Å². The van der Waals surface area contributed by atoms with Crippen molar-refractivity contribution in [1.82, 2.24) is 15.2 Å². The molecule has 5 heteroatoms. The maximum Gasteiger partial charge on any atom is 0.270 e. The molecule has 1 N–H and O–H groups in total. The van der Waals surface area contributed by atoms with Gasteiger partial charge >= 0.3 is 0 Å².